The van der Waals surface area contributed by atoms with Crippen molar-refractivity contribution in [3.05, 3.63) is 94.6 Å². The maximum Gasteiger partial charge on any atom is 0.282 e. The van der Waals surface area contributed by atoms with Crippen LogP contribution in [0.1, 0.15) is 11.1 Å². The number of nitrogens with one attached hydrogen (secondary N) is 1. The summed E-state index contributed by atoms with van der Waals surface area (Å²) in [4.78, 5) is 27.8. The second-order valence-electron chi connectivity index (χ2n) is 6.89. The maximum absolute atomic E-state index is 13.3. The van der Waals surface area contributed by atoms with Crippen molar-refractivity contribution in [1.29, 1.82) is 0 Å². The fourth-order valence-electron chi connectivity index (χ4n) is 3.28. The molecule has 0 saturated carbocycles. The van der Waals surface area contributed by atoms with Crippen LogP contribution in [0.3, 0.4) is 0 Å². The summed E-state index contributed by atoms with van der Waals surface area (Å²) in [6.45, 7) is 1.95. The lowest BCUT2D eigenvalue weighted by atomic mass is 10.0. The molecule has 3 aromatic carbocycles. The van der Waals surface area contributed by atoms with Crippen molar-refractivity contribution in [3.63, 3.8) is 0 Å². The van der Waals surface area contributed by atoms with E-state index in [4.69, 9.17) is 16.3 Å². The van der Waals surface area contributed by atoms with Crippen LogP contribution in [0.25, 0.3) is 5.57 Å². The Bertz CT molecular complexity index is 1130. The first-order chi connectivity index (χ1) is 14.5. The predicted molar refractivity (Wildman–Crippen MR) is 119 cm³/mol. The Balaban J connectivity index is 1.78. The summed E-state index contributed by atoms with van der Waals surface area (Å²) in [5.41, 5.74) is 3.36. The minimum Gasteiger partial charge on any atom is -0.497 e. The van der Waals surface area contributed by atoms with Crippen molar-refractivity contribution in [2.24, 2.45) is 0 Å². The quantitative estimate of drug-likeness (QED) is 0.589. The molecule has 0 spiro atoms. The van der Waals surface area contributed by atoms with Gasteiger partial charge in [-0.1, -0.05) is 41.4 Å². The van der Waals surface area contributed by atoms with E-state index in [9.17, 15) is 9.59 Å². The molecule has 3 aromatic rings. The van der Waals surface area contributed by atoms with Gasteiger partial charge in [0.15, 0.2) is 0 Å². The van der Waals surface area contributed by atoms with Crippen LogP contribution in [0.4, 0.5) is 11.4 Å². The summed E-state index contributed by atoms with van der Waals surface area (Å²) in [7, 11) is 1.59. The minimum atomic E-state index is -0.412. The maximum atomic E-state index is 13.3. The van der Waals surface area contributed by atoms with E-state index in [2.05, 4.69) is 5.32 Å². The van der Waals surface area contributed by atoms with E-state index in [-0.39, 0.29) is 11.6 Å². The smallest absolute Gasteiger partial charge is 0.282 e. The predicted octanol–water partition coefficient (Wildman–Crippen LogP) is 5.05. The lowest BCUT2D eigenvalue weighted by Gasteiger charge is -2.15. The first-order valence-corrected chi connectivity index (χ1v) is 9.72. The highest BCUT2D eigenvalue weighted by atomic mass is 35.5. The van der Waals surface area contributed by atoms with Gasteiger partial charge in [-0.2, -0.15) is 0 Å². The Kier molecular flexibility index (Phi) is 5.29. The van der Waals surface area contributed by atoms with Crippen LogP contribution in [0.5, 0.6) is 5.75 Å². The van der Waals surface area contributed by atoms with Gasteiger partial charge in [0.25, 0.3) is 11.8 Å². The van der Waals surface area contributed by atoms with Gasteiger partial charge in [-0.25, -0.2) is 4.90 Å². The summed E-state index contributed by atoms with van der Waals surface area (Å²) < 4.78 is 5.18. The topological polar surface area (TPSA) is 58.6 Å². The number of hydrogen-bond acceptors (Lipinski definition) is 4. The third kappa shape index (κ3) is 3.67. The Morgan fingerprint density at radius 1 is 0.833 bits per heavy atom. The molecule has 1 N–H and O–H groups in total. The molecule has 0 bridgehead atoms. The van der Waals surface area contributed by atoms with Crippen LogP contribution in [-0.2, 0) is 9.59 Å². The van der Waals surface area contributed by atoms with Crippen molar-refractivity contribution in [3.8, 4) is 5.75 Å². The number of amides is 2. The number of methoxy groups -OCH3 is 1. The zero-order valence-corrected chi connectivity index (χ0v) is 17.2. The van der Waals surface area contributed by atoms with Gasteiger partial charge >= 0.3 is 0 Å². The molecule has 1 aliphatic heterocycles. The molecule has 1 heterocycles. The van der Waals surface area contributed by atoms with Crippen LogP contribution in [0, 0.1) is 6.92 Å². The number of anilines is 2. The monoisotopic (exact) mass is 418 g/mol. The molecule has 0 unspecified atom stereocenters. The van der Waals surface area contributed by atoms with E-state index in [0.717, 1.165) is 5.56 Å². The number of ether oxygens (including phenoxy) is 1. The van der Waals surface area contributed by atoms with E-state index < -0.39 is 5.91 Å². The fourth-order valence-corrected chi connectivity index (χ4v) is 3.40. The number of aryl methyl sites for hydroxylation is 1. The molecule has 0 fully saturated rings. The fraction of sp³-hybridized carbons (Fsp3) is 0.0833. The molecule has 1 aliphatic rings. The van der Waals surface area contributed by atoms with Crippen LogP contribution >= 0.6 is 11.6 Å². The van der Waals surface area contributed by atoms with Gasteiger partial charge in [-0.05, 0) is 61.0 Å². The normalized spacial score (nSPS) is 13.8. The highest BCUT2D eigenvalue weighted by Gasteiger charge is 2.40. The molecule has 0 saturated heterocycles. The van der Waals surface area contributed by atoms with E-state index >= 15 is 0 Å². The summed E-state index contributed by atoms with van der Waals surface area (Å²) in [6, 6.07) is 21.3. The van der Waals surface area contributed by atoms with Crippen molar-refractivity contribution < 1.29 is 14.3 Å². The number of benzene rings is 3. The third-order valence-electron chi connectivity index (χ3n) is 4.87. The third-order valence-corrected chi connectivity index (χ3v) is 5.12. The molecule has 6 heteroatoms. The molecule has 30 heavy (non-hydrogen) atoms. The molecule has 0 atom stereocenters. The van der Waals surface area contributed by atoms with Gasteiger partial charge in [-0.3, -0.25) is 9.59 Å². The number of halogens is 1. The van der Waals surface area contributed by atoms with Gasteiger partial charge in [0.2, 0.25) is 0 Å². The van der Waals surface area contributed by atoms with Gasteiger partial charge in [0, 0.05) is 10.7 Å². The van der Waals surface area contributed by atoms with E-state index in [1.165, 1.54) is 4.90 Å². The number of nitrogens with zero attached hydrogens (tertiary/aromatic N) is 1. The molecule has 2 amide bonds. The molecule has 0 aromatic heterocycles. The van der Waals surface area contributed by atoms with Crippen LogP contribution < -0.4 is 15.0 Å². The summed E-state index contributed by atoms with van der Waals surface area (Å²) >= 11 is 6.01. The average Bonchev–Trinajstić information content (AvgIpc) is 3.00. The van der Waals surface area contributed by atoms with Crippen LogP contribution in [-0.4, -0.2) is 18.9 Å². The first-order valence-electron chi connectivity index (χ1n) is 9.34. The van der Waals surface area contributed by atoms with Gasteiger partial charge in [-0.15, -0.1) is 0 Å². The summed E-state index contributed by atoms with van der Waals surface area (Å²) in [6.07, 6.45) is 0. The molecular formula is C24H19ClN2O3. The Labute approximate surface area is 179 Å². The average molecular weight is 419 g/mol. The summed E-state index contributed by atoms with van der Waals surface area (Å²) in [5, 5.41) is 3.68. The van der Waals surface area contributed by atoms with Crippen LogP contribution in [0.15, 0.2) is 78.5 Å². The molecule has 5 nitrogen and oxygen atoms in total. The largest absolute Gasteiger partial charge is 0.497 e. The Morgan fingerprint density at radius 2 is 1.47 bits per heavy atom. The van der Waals surface area contributed by atoms with E-state index in [0.29, 0.717) is 33.3 Å². The van der Waals surface area contributed by atoms with Crippen molar-refractivity contribution >= 4 is 40.4 Å². The van der Waals surface area contributed by atoms with Crippen molar-refractivity contribution in [2.45, 2.75) is 6.92 Å². The van der Waals surface area contributed by atoms with Gasteiger partial charge < -0.3 is 10.1 Å². The molecule has 0 radical (unpaired) electrons. The molecule has 0 aliphatic carbocycles. The zero-order chi connectivity index (χ0) is 21.3. The number of carbonyl (C=O) groups is 2. The van der Waals surface area contributed by atoms with Gasteiger partial charge in [0.1, 0.15) is 11.4 Å². The van der Waals surface area contributed by atoms with Crippen molar-refractivity contribution in [2.75, 3.05) is 17.3 Å². The Morgan fingerprint density at radius 3 is 2.07 bits per heavy atom. The number of carbonyl (C=O) groups excluding carboxylic acids is 2. The Hall–Kier alpha value is -3.57. The first kappa shape index (κ1) is 19.7. The minimum absolute atomic E-state index is 0.216. The van der Waals surface area contributed by atoms with Crippen LogP contribution in [0.2, 0.25) is 5.02 Å². The second-order valence-corrected chi connectivity index (χ2v) is 7.33. The number of hydrogen-bond donors (Lipinski definition) is 1. The van der Waals surface area contributed by atoms with E-state index in [1.54, 1.807) is 67.8 Å². The van der Waals surface area contributed by atoms with Gasteiger partial charge in [0.05, 0.1) is 18.4 Å². The number of imide groups is 1. The highest BCUT2D eigenvalue weighted by Crippen LogP contribution is 2.34. The molecule has 150 valence electrons. The summed E-state index contributed by atoms with van der Waals surface area (Å²) in [5.74, 6) is -0.102. The second kappa shape index (κ2) is 8.05. The SMILES string of the molecule is COc1ccc(NC2=C(c3ccc(Cl)cc3)C(=O)N(c3ccc(C)cc3)C2=O)cc1. The van der Waals surface area contributed by atoms with E-state index in [1.807, 2.05) is 19.1 Å². The molecular weight excluding hydrogens is 400 g/mol. The standard InChI is InChI=1S/C24H19ClN2O3/c1-15-3-11-19(12-4-15)27-23(28)21(16-5-7-17(25)8-6-16)22(24(27)29)26-18-9-13-20(30-2)14-10-18/h3-14,26H,1-2H3. The number of rotatable bonds is 5. The van der Waals surface area contributed by atoms with Crippen molar-refractivity contribution in [1.82, 2.24) is 0 Å². The lowest BCUT2D eigenvalue weighted by molar-refractivity contribution is -0.120. The molecule has 4 rings (SSSR count). The highest BCUT2D eigenvalue weighted by molar-refractivity contribution is 6.46. The zero-order valence-electron chi connectivity index (χ0n) is 16.5. The lowest BCUT2D eigenvalue weighted by Crippen LogP contribution is -2.32.